The third-order valence-electron chi connectivity index (χ3n) is 4.76. The van der Waals surface area contributed by atoms with Gasteiger partial charge in [0, 0.05) is 38.6 Å². The number of methoxy groups -OCH3 is 1. The van der Waals surface area contributed by atoms with Gasteiger partial charge in [0.1, 0.15) is 6.04 Å². The normalized spacial score (nSPS) is 23.7. The molecule has 2 aliphatic heterocycles. The lowest BCUT2D eigenvalue weighted by molar-refractivity contribution is -0.149. The number of amides is 2. The second-order valence-corrected chi connectivity index (χ2v) is 6.50. The average molecular weight is 325 g/mol. The SMILES string of the molecule is COC(=O)C[C@@H](C)C(=O)N1CCC[C@H]1C(=O)N1CCN(C)CC1. The molecule has 2 amide bonds. The first kappa shape index (κ1) is 17.7. The molecule has 2 rings (SSSR count). The number of carbonyl (C=O) groups excluding carboxylic acids is 3. The van der Waals surface area contributed by atoms with Crippen molar-refractivity contribution in [1.29, 1.82) is 0 Å². The van der Waals surface area contributed by atoms with E-state index in [9.17, 15) is 14.4 Å². The highest BCUT2D eigenvalue weighted by atomic mass is 16.5. The fraction of sp³-hybridized carbons (Fsp3) is 0.812. The third kappa shape index (κ3) is 4.22. The number of carbonyl (C=O) groups is 3. The number of piperazine rings is 1. The molecule has 0 N–H and O–H groups in total. The molecule has 2 heterocycles. The van der Waals surface area contributed by atoms with E-state index >= 15 is 0 Å². The minimum Gasteiger partial charge on any atom is -0.469 e. The Labute approximate surface area is 137 Å². The van der Waals surface area contributed by atoms with Crippen molar-refractivity contribution >= 4 is 17.8 Å². The van der Waals surface area contributed by atoms with Crippen molar-refractivity contribution in [2.24, 2.45) is 5.92 Å². The highest BCUT2D eigenvalue weighted by molar-refractivity contribution is 5.90. The molecule has 0 unspecified atom stereocenters. The molecule has 2 atom stereocenters. The Balaban J connectivity index is 1.97. The van der Waals surface area contributed by atoms with Crippen LogP contribution in [0.15, 0.2) is 0 Å². The zero-order chi connectivity index (χ0) is 17.0. The fourth-order valence-electron chi connectivity index (χ4n) is 3.23. The smallest absolute Gasteiger partial charge is 0.306 e. The van der Waals surface area contributed by atoms with Crippen LogP contribution < -0.4 is 0 Å². The van der Waals surface area contributed by atoms with E-state index in [1.807, 2.05) is 11.9 Å². The van der Waals surface area contributed by atoms with E-state index in [4.69, 9.17) is 0 Å². The molecule has 7 nitrogen and oxygen atoms in total. The first-order valence-electron chi connectivity index (χ1n) is 8.28. The predicted molar refractivity (Wildman–Crippen MR) is 84.6 cm³/mol. The molecule has 0 aromatic carbocycles. The largest absolute Gasteiger partial charge is 0.469 e. The fourth-order valence-corrected chi connectivity index (χ4v) is 3.23. The number of rotatable bonds is 4. The van der Waals surface area contributed by atoms with Gasteiger partial charge in [0.15, 0.2) is 0 Å². The topological polar surface area (TPSA) is 70.2 Å². The maximum atomic E-state index is 12.7. The maximum absolute atomic E-state index is 12.7. The molecule has 0 aromatic heterocycles. The second-order valence-electron chi connectivity index (χ2n) is 6.50. The molecule has 0 aliphatic carbocycles. The zero-order valence-electron chi connectivity index (χ0n) is 14.3. The molecule has 130 valence electrons. The molecule has 23 heavy (non-hydrogen) atoms. The molecule has 7 heteroatoms. The lowest BCUT2D eigenvalue weighted by Gasteiger charge is -2.36. The molecular formula is C16H27N3O4. The third-order valence-corrected chi connectivity index (χ3v) is 4.76. The monoisotopic (exact) mass is 325 g/mol. The van der Waals surface area contributed by atoms with Crippen LogP contribution in [0.4, 0.5) is 0 Å². The van der Waals surface area contributed by atoms with Gasteiger partial charge in [-0.3, -0.25) is 14.4 Å². The van der Waals surface area contributed by atoms with Gasteiger partial charge in [-0.25, -0.2) is 0 Å². The summed E-state index contributed by atoms with van der Waals surface area (Å²) in [6.07, 6.45) is 1.60. The van der Waals surface area contributed by atoms with Crippen LogP contribution in [0.3, 0.4) is 0 Å². The summed E-state index contributed by atoms with van der Waals surface area (Å²) in [5, 5.41) is 0. The Morgan fingerprint density at radius 1 is 1.13 bits per heavy atom. The minimum atomic E-state index is -0.455. The summed E-state index contributed by atoms with van der Waals surface area (Å²) >= 11 is 0. The zero-order valence-corrected chi connectivity index (χ0v) is 14.3. The van der Waals surface area contributed by atoms with Crippen molar-refractivity contribution in [2.45, 2.75) is 32.2 Å². The van der Waals surface area contributed by atoms with Gasteiger partial charge in [0.2, 0.25) is 11.8 Å². The number of likely N-dealkylation sites (tertiary alicyclic amines) is 1. The molecule has 2 aliphatic rings. The Bertz CT molecular complexity index is 460. The van der Waals surface area contributed by atoms with Crippen molar-refractivity contribution in [2.75, 3.05) is 46.9 Å². The molecule has 2 fully saturated rings. The first-order valence-corrected chi connectivity index (χ1v) is 8.28. The van der Waals surface area contributed by atoms with Crippen molar-refractivity contribution in [3.63, 3.8) is 0 Å². The highest BCUT2D eigenvalue weighted by Gasteiger charge is 2.38. The van der Waals surface area contributed by atoms with E-state index in [0.717, 1.165) is 19.5 Å². The van der Waals surface area contributed by atoms with Crippen LogP contribution in [0.1, 0.15) is 26.2 Å². The Kier molecular flexibility index (Phi) is 5.98. The van der Waals surface area contributed by atoms with Crippen LogP contribution in [-0.4, -0.2) is 85.4 Å². The molecule has 0 radical (unpaired) electrons. The Morgan fingerprint density at radius 2 is 1.78 bits per heavy atom. The van der Waals surface area contributed by atoms with Gasteiger partial charge in [0.25, 0.3) is 0 Å². The minimum absolute atomic E-state index is 0.0502. The van der Waals surface area contributed by atoms with Gasteiger partial charge in [-0.2, -0.15) is 0 Å². The average Bonchev–Trinajstić information content (AvgIpc) is 3.03. The van der Waals surface area contributed by atoms with Gasteiger partial charge in [0.05, 0.1) is 13.5 Å². The quantitative estimate of drug-likeness (QED) is 0.678. The lowest BCUT2D eigenvalue weighted by atomic mass is 10.1. The summed E-state index contributed by atoms with van der Waals surface area (Å²) in [5.74, 6) is -0.926. The molecule has 2 saturated heterocycles. The van der Waals surface area contributed by atoms with Crippen LogP contribution in [-0.2, 0) is 19.1 Å². The summed E-state index contributed by atoms with van der Waals surface area (Å²) in [6, 6.07) is -0.369. The van der Waals surface area contributed by atoms with Crippen LogP contribution >= 0.6 is 0 Å². The summed E-state index contributed by atoms with van der Waals surface area (Å²) in [7, 11) is 3.36. The molecule has 0 spiro atoms. The van der Waals surface area contributed by atoms with Crippen LogP contribution in [0.2, 0.25) is 0 Å². The number of hydrogen-bond donors (Lipinski definition) is 0. The van der Waals surface area contributed by atoms with Crippen LogP contribution in [0.5, 0.6) is 0 Å². The van der Waals surface area contributed by atoms with Gasteiger partial charge in [-0.15, -0.1) is 0 Å². The van der Waals surface area contributed by atoms with Crippen molar-refractivity contribution < 1.29 is 19.1 Å². The summed E-state index contributed by atoms with van der Waals surface area (Å²) in [6.45, 7) is 5.47. The lowest BCUT2D eigenvalue weighted by Crippen LogP contribution is -2.54. The van der Waals surface area contributed by atoms with E-state index in [2.05, 4.69) is 9.64 Å². The Morgan fingerprint density at radius 3 is 2.39 bits per heavy atom. The van der Waals surface area contributed by atoms with Crippen molar-refractivity contribution in [3.8, 4) is 0 Å². The highest BCUT2D eigenvalue weighted by Crippen LogP contribution is 2.23. The number of nitrogens with zero attached hydrogens (tertiary/aromatic N) is 3. The molecule has 0 bridgehead atoms. The number of ether oxygens (including phenoxy) is 1. The van der Waals surface area contributed by atoms with E-state index in [1.54, 1.807) is 11.8 Å². The van der Waals surface area contributed by atoms with Crippen LogP contribution in [0.25, 0.3) is 0 Å². The number of hydrogen-bond acceptors (Lipinski definition) is 5. The standard InChI is InChI=1S/C16H27N3O4/c1-12(11-14(20)23-3)15(21)19-6-4-5-13(19)16(22)18-9-7-17(2)8-10-18/h12-13H,4-11H2,1-3H3/t12-,13+/m1/s1. The van der Waals surface area contributed by atoms with E-state index in [-0.39, 0.29) is 24.3 Å². The maximum Gasteiger partial charge on any atom is 0.306 e. The molecular weight excluding hydrogens is 298 g/mol. The predicted octanol–water partition coefficient (Wildman–Crippen LogP) is -0.0494. The van der Waals surface area contributed by atoms with Crippen molar-refractivity contribution in [3.05, 3.63) is 0 Å². The van der Waals surface area contributed by atoms with Gasteiger partial charge >= 0.3 is 5.97 Å². The van der Waals surface area contributed by atoms with Gasteiger partial charge in [-0.1, -0.05) is 6.92 Å². The van der Waals surface area contributed by atoms with E-state index < -0.39 is 11.9 Å². The summed E-state index contributed by atoms with van der Waals surface area (Å²) in [4.78, 5) is 42.4. The van der Waals surface area contributed by atoms with Crippen molar-refractivity contribution in [1.82, 2.24) is 14.7 Å². The molecule has 0 aromatic rings. The van der Waals surface area contributed by atoms with E-state index in [0.29, 0.717) is 26.1 Å². The van der Waals surface area contributed by atoms with Crippen LogP contribution in [0, 0.1) is 5.92 Å². The number of esters is 1. The second kappa shape index (κ2) is 7.77. The Hall–Kier alpha value is -1.63. The van der Waals surface area contributed by atoms with E-state index in [1.165, 1.54) is 7.11 Å². The number of likely N-dealkylation sites (N-methyl/N-ethyl adjacent to an activating group) is 1. The first-order chi connectivity index (χ1) is 10.9. The van der Waals surface area contributed by atoms with Gasteiger partial charge in [-0.05, 0) is 19.9 Å². The molecule has 0 saturated carbocycles. The summed E-state index contributed by atoms with van der Waals surface area (Å²) < 4.78 is 4.62. The van der Waals surface area contributed by atoms with Gasteiger partial charge < -0.3 is 19.4 Å². The summed E-state index contributed by atoms with van der Waals surface area (Å²) in [5.41, 5.74) is 0.